The molecule has 1 aromatic heterocycles. The molecule has 0 aliphatic carbocycles. The summed E-state index contributed by atoms with van der Waals surface area (Å²) in [5.41, 5.74) is 9.26. The summed E-state index contributed by atoms with van der Waals surface area (Å²) in [6.45, 7) is 16.3. The van der Waals surface area contributed by atoms with E-state index in [1.54, 1.807) is 0 Å². The Hall–Kier alpha value is -3.39. The van der Waals surface area contributed by atoms with Crippen LogP contribution in [0.5, 0.6) is 0 Å². The van der Waals surface area contributed by atoms with Crippen molar-refractivity contribution in [2.24, 2.45) is 7.05 Å². The summed E-state index contributed by atoms with van der Waals surface area (Å²) in [5, 5.41) is 2.58. The molecule has 2 nitrogen and oxygen atoms in total. The molecule has 0 amide bonds. The normalized spacial score (nSPS) is 12.4. The number of rotatable bonds is 4. The molecule has 0 unspecified atom stereocenters. The van der Waals surface area contributed by atoms with E-state index in [0.717, 1.165) is 0 Å². The van der Waals surface area contributed by atoms with E-state index in [4.69, 9.17) is 0 Å². The smallest absolute Gasteiger partial charge is 0.229 e. The van der Waals surface area contributed by atoms with Gasteiger partial charge in [-0.1, -0.05) is 76.2 Å². The van der Waals surface area contributed by atoms with E-state index >= 15 is 0 Å². The van der Waals surface area contributed by atoms with E-state index in [1.165, 1.54) is 55.6 Å². The molecule has 5 rings (SSSR count). The molecule has 0 fully saturated rings. The highest BCUT2D eigenvalue weighted by Crippen LogP contribution is 2.37. The maximum absolute atomic E-state index is 2.61. The Morgan fingerprint density at radius 3 is 1.86 bits per heavy atom. The van der Waals surface area contributed by atoms with Gasteiger partial charge in [-0.25, -0.2) is 4.57 Å². The first-order chi connectivity index (χ1) is 17.1. The standard InChI is InChI=1S/C34H39N2/c1-22(2)28-20-26(24-14-10-9-11-15-24)21-29(23(3)4)31(28)36-32-27-17-13-12-16-25(27)18-19-30(32)35(8)33(36)34(5,6)7/h9-23H,1-8H3/q+1. The van der Waals surface area contributed by atoms with E-state index < -0.39 is 0 Å². The second-order valence-electron chi connectivity index (χ2n) is 11.8. The first kappa shape index (κ1) is 24.3. The van der Waals surface area contributed by atoms with Gasteiger partial charge in [-0.3, -0.25) is 0 Å². The predicted octanol–water partition coefficient (Wildman–Crippen LogP) is 8.82. The van der Waals surface area contributed by atoms with Gasteiger partial charge in [0.05, 0.1) is 12.5 Å². The van der Waals surface area contributed by atoms with Gasteiger partial charge in [0, 0.05) is 16.5 Å². The minimum absolute atomic E-state index is 0.0462. The molecular formula is C34H39N2+. The molecular weight excluding hydrogens is 436 g/mol. The van der Waals surface area contributed by atoms with Crippen LogP contribution < -0.4 is 4.57 Å². The second-order valence-corrected chi connectivity index (χ2v) is 11.8. The maximum atomic E-state index is 2.61. The number of hydrogen-bond donors (Lipinski definition) is 0. The van der Waals surface area contributed by atoms with Crippen molar-refractivity contribution in [2.45, 2.75) is 65.7 Å². The SMILES string of the molecule is CC(C)c1cc(-c2ccccc2)cc(C(C)C)c1-[n+]1c(C(C)(C)C)n(C)c2ccc3ccccc3c21. The van der Waals surface area contributed by atoms with Crippen molar-refractivity contribution in [1.82, 2.24) is 4.57 Å². The number of hydrogen-bond acceptors (Lipinski definition) is 0. The number of fused-ring (bicyclic) bond motifs is 3. The molecule has 0 aliphatic rings. The van der Waals surface area contributed by atoms with Crippen LogP contribution in [0.4, 0.5) is 0 Å². The van der Waals surface area contributed by atoms with Crippen molar-refractivity contribution in [2.75, 3.05) is 0 Å². The Balaban J connectivity index is 2.01. The number of aromatic nitrogens is 2. The van der Waals surface area contributed by atoms with Gasteiger partial charge in [-0.05, 0) is 79.5 Å². The van der Waals surface area contributed by atoms with Crippen LogP contribution in [-0.4, -0.2) is 4.57 Å². The Labute approximate surface area is 216 Å². The third-order valence-corrected chi connectivity index (χ3v) is 7.41. The van der Waals surface area contributed by atoms with Crippen LogP contribution in [0.25, 0.3) is 38.6 Å². The van der Waals surface area contributed by atoms with Gasteiger partial charge in [-0.15, -0.1) is 0 Å². The van der Waals surface area contributed by atoms with Crippen LogP contribution in [-0.2, 0) is 12.5 Å². The first-order valence-corrected chi connectivity index (χ1v) is 13.3. The molecule has 184 valence electrons. The number of benzene rings is 4. The second kappa shape index (κ2) is 8.92. The minimum Gasteiger partial charge on any atom is -0.229 e. The van der Waals surface area contributed by atoms with E-state index in [1.807, 2.05) is 0 Å². The Kier molecular flexibility index (Phi) is 6.03. The summed E-state index contributed by atoms with van der Waals surface area (Å²) in [5.74, 6) is 2.09. The molecule has 0 aliphatic heterocycles. The zero-order chi connectivity index (χ0) is 25.8. The highest BCUT2D eigenvalue weighted by atomic mass is 15.2. The molecule has 0 bridgehead atoms. The molecule has 0 saturated carbocycles. The molecule has 0 atom stereocenters. The van der Waals surface area contributed by atoms with Gasteiger partial charge >= 0.3 is 0 Å². The maximum Gasteiger partial charge on any atom is 0.267 e. The highest BCUT2D eigenvalue weighted by molar-refractivity contribution is 6.02. The summed E-state index contributed by atoms with van der Waals surface area (Å²) in [7, 11) is 2.23. The van der Waals surface area contributed by atoms with Gasteiger partial charge < -0.3 is 0 Å². The molecule has 2 heteroatoms. The van der Waals surface area contributed by atoms with Gasteiger partial charge in [0.2, 0.25) is 0 Å². The lowest BCUT2D eigenvalue weighted by molar-refractivity contribution is -0.582. The van der Waals surface area contributed by atoms with Crippen molar-refractivity contribution < 1.29 is 4.57 Å². The van der Waals surface area contributed by atoms with Crippen LogP contribution >= 0.6 is 0 Å². The molecule has 36 heavy (non-hydrogen) atoms. The van der Waals surface area contributed by atoms with Crippen LogP contribution in [0.2, 0.25) is 0 Å². The number of aryl methyl sites for hydroxylation is 1. The number of imidazole rings is 1. The lowest BCUT2D eigenvalue weighted by Crippen LogP contribution is -2.43. The predicted molar refractivity (Wildman–Crippen MR) is 154 cm³/mol. The lowest BCUT2D eigenvalue weighted by Gasteiger charge is -2.23. The third-order valence-electron chi connectivity index (χ3n) is 7.41. The van der Waals surface area contributed by atoms with E-state index in [-0.39, 0.29) is 5.41 Å². The summed E-state index contributed by atoms with van der Waals surface area (Å²) in [6, 6.07) is 29.1. The minimum atomic E-state index is -0.0462. The van der Waals surface area contributed by atoms with Crippen LogP contribution in [0.15, 0.2) is 78.9 Å². The number of nitrogens with zero attached hydrogens (tertiary/aromatic N) is 2. The highest BCUT2D eigenvalue weighted by Gasteiger charge is 2.37. The third kappa shape index (κ3) is 3.93. The van der Waals surface area contributed by atoms with Crippen LogP contribution in [0.1, 0.15) is 77.3 Å². The fourth-order valence-electron chi connectivity index (χ4n) is 5.79. The summed E-state index contributed by atoms with van der Waals surface area (Å²) in [4.78, 5) is 0. The van der Waals surface area contributed by atoms with Crippen LogP contribution in [0.3, 0.4) is 0 Å². The first-order valence-electron chi connectivity index (χ1n) is 13.3. The molecule has 1 heterocycles. The molecule has 4 aromatic carbocycles. The Bertz CT molecular complexity index is 1530. The summed E-state index contributed by atoms with van der Waals surface area (Å²) < 4.78 is 5.03. The lowest BCUT2D eigenvalue weighted by atomic mass is 9.87. The van der Waals surface area contributed by atoms with Crippen molar-refractivity contribution in [3.05, 3.63) is 95.8 Å². The average molecular weight is 476 g/mol. The van der Waals surface area contributed by atoms with E-state index in [2.05, 4.69) is 144 Å². The molecule has 0 radical (unpaired) electrons. The van der Waals surface area contributed by atoms with Gasteiger partial charge in [0.25, 0.3) is 5.82 Å². The van der Waals surface area contributed by atoms with Crippen molar-refractivity contribution in [3.8, 4) is 16.8 Å². The van der Waals surface area contributed by atoms with E-state index in [0.29, 0.717) is 11.8 Å². The average Bonchev–Trinajstić information content (AvgIpc) is 3.16. The summed E-state index contributed by atoms with van der Waals surface area (Å²) >= 11 is 0. The van der Waals surface area contributed by atoms with Crippen molar-refractivity contribution >= 4 is 21.8 Å². The van der Waals surface area contributed by atoms with Crippen molar-refractivity contribution in [3.63, 3.8) is 0 Å². The van der Waals surface area contributed by atoms with Gasteiger partial charge in [0.15, 0.2) is 11.0 Å². The largest absolute Gasteiger partial charge is 0.267 e. The quantitative estimate of drug-likeness (QED) is 0.230. The molecule has 0 saturated heterocycles. The zero-order valence-electron chi connectivity index (χ0n) is 23.1. The van der Waals surface area contributed by atoms with Gasteiger partial charge in [0.1, 0.15) is 5.69 Å². The topological polar surface area (TPSA) is 8.81 Å². The molecule has 0 N–H and O–H groups in total. The zero-order valence-corrected chi connectivity index (χ0v) is 23.1. The monoisotopic (exact) mass is 475 g/mol. The molecule has 0 spiro atoms. The summed E-state index contributed by atoms with van der Waals surface area (Å²) in [6.07, 6.45) is 0. The fourth-order valence-corrected chi connectivity index (χ4v) is 5.79. The fraction of sp³-hybridized carbons (Fsp3) is 0.324. The van der Waals surface area contributed by atoms with Crippen LogP contribution in [0, 0.1) is 0 Å². The van der Waals surface area contributed by atoms with Gasteiger partial charge in [-0.2, -0.15) is 4.57 Å². The Morgan fingerprint density at radius 1 is 0.694 bits per heavy atom. The Morgan fingerprint density at radius 2 is 1.28 bits per heavy atom. The molecule has 5 aromatic rings. The van der Waals surface area contributed by atoms with Crippen molar-refractivity contribution in [1.29, 1.82) is 0 Å². The van der Waals surface area contributed by atoms with E-state index in [9.17, 15) is 0 Å².